The molecule has 6 heteroatoms. The van der Waals surface area contributed by atoms with E-state index in [2.05, 4.69) is 31.4 Å². The van der Waals surface area contributed by atoms with E-state index in [9.17, 15) is 18.0 Å². The standard InChI is InChI=1S/C16H23F3N2O/c1-14(2,3)10-15(4,5)21-13(22)20-12-8-6-11(7-9-12)16(17,18)19/h6-9H,10H2,1-5H3,(H2,20,21,22). The predicted octanol–water partition coefficient (Wildman–Crippen LogP) is 5.04. The van der Waals surface area contributed by atoms with Gasteiger partial charge in [0, 0.05) is 11.2 Å². The monoisotopic (exact) mass is 316 g/mol. The van der Waals surface area contributed by atoms with Gasteiger partial charge in [-0.05, 0) is 49.9 Å². The third-order valence-electron chi connectivity index (χ3n) is 2.89. The first kappa shape index (κ1) is 18.3. The van der Waals surface area contributed by atoms with Crippen LogP contribution >= 0.6 is 0 Å². The lowest BCUT2D eigenvalue weighted by Crippen LogP contribution is -2.47. The molecule has 0 aliphatic heterocycles. The van der Waals surface area contributed by atoms with E-state index >= 15 is 0 Å². The van der Waals surface area contributed by atoms with Gasteiger partial charge in [0.2, 0.25) is 0 Å². The van der Waals surface area contributed by atoms with Crippen LogP contribution in [0.1, 0.15) is 46.6 Å². The number of carbonyl (C=O) groups excluding carboxylic acids is 1. The summed E-state index contributed by atoms with van der Waals surface area (Å²) in [5.74, 6) is 0. The van der Waals surface area contributed by atoms with Crippen molar-refractivity contribution in [3.05, 3.63) is 29.8 Å². The van der Waals surface area contributed by atoms with Gasteiger partial charge in [0.25, 0.3) is 0 Å². The van der Waals surface area contributed by atoms with Gasteiger partial charge in [0.05, 0.1) is 5.56 Å². The molecule has 3 nitrogen and oxygen atoms in total. The second-order valence-electron chi connectivity index (χ2n) is 7.28. The third-order valence-corrected chi connectivity index (χ3v) is 2.89. The van der Waals surface area contributed by atoms with Gasteiger partial charge in [-0.2, -0.15) is 13.2 Å². The lowest BCUT2D eigenvalue weighted by atomic mass is 9.82. The fourth-order valence-corrected chi connectivity index (χ4v) is 2.58. The number of anilines is 1. The molecular formula is C16H23F3N2O. The van der Waals surface area contributed by atoms with Gasteiger partial charge in [-0.1, -0.05) is 20.8 Å². The third kappa shape index (κ3) is 6.37. The van der Waals surface area contributed by atoms with Crippen molar-refractivity contribution in [1.82, 2.24) is 5.32 Å². The summed E-state index contributed by atoms with van der Waals surface area (Å²) in [6, 6.07) is 3.92. The Balaban J connectivity index is 2.66. The van der Waals surface area contributed by atoms with Crippen LogP contribution in [0, 0.1) is 5.41 Å². The van der Waals surface area contributed by atoms with E-state index in [0.29, 0.717) is 5.69 Å². The van der Waals surface area contributed by atoms with E-state index in [4.69, 9.17) is 0 Å². The molecule has 0 heterocycles. The molecule has 1 aromatic carbocycles. The summed E-state index contributed by atoms with van der Waals surface area (Å²) in [6.45, 7) is 10.0. The number of rotatable bonds is 3. The average Bonchev–Trinajstić information content (AvgIpc) is 2.23. The molecule has 0 bridgehead atoms. The van der Waals surface area contributed by atoms with Crippen molar-refractivity contribution in [1.29, 1.82) is 0 Å². The maximum Gasteiger partial charge on any atom is 0.416 e. The highest BCUT2D eigenvalue weighted by Crippen LogP contribution is 2.30. The largest absolute Gasteiger partial charge is 0.416 e. The van der Waals surface area contributed by atoms with E-state index in [0.717, 1.165) is 18.6 Å². The van der Waals surface area contributed by atoms with Crippen molar-refractivity contribution in [2.75, 3.05) is 5.32 Å². The summed E-state index contributed by atoms with van der Waals surface area (Å²) < 4.78 is 37.4. The summed E-state index contributed by atoms with van der Waals surface area (Å²) in [7, 11) is 0. The molecule has 0 saturated carbocycles. The van der Waals surface area contributed by atoms with Gasteiger partial charge in [0.15, 0.2) is 0 Å². The van der Waals surface area contributed by atoms with Crippen LogP contribution in [0.5, 0.6) is 0 Å². The Labute approximate surface area is 129 Å². The second kappa shape index (κ2) is 6.18. The van der Waals surface area contributed by atoms with Gasteiger partial charge in [-0.3, -0.25) is 0 Å². The van der Waals surface area contributed by atoms with Crippen LogP contribution in [0.25, 0.3) is 0 Å². The topological polar surface area (TPSA) is 41.1 Å². The minimum Gasteiger partial charge on any atom is -0.333 e. The van der Waals surface area contributed by atoms with E-state index in [1.54, 1.807) is 0 Å². The van der Waals surface area contributed by atoms with Crippen molar-refractivity contribution in [2.45, 2.75) is 52.8 Å². The van der Waals surface area contributed by atoms with Crippen LogP contribution in [0.4, 0.5) is 23.7 Å². The molecule has 0 atom stereocenters. The van der Waals surface area contributed by atoms with Crippen LogP contribution in [0.2, 0.25) is 0 Å². The molecule has 2 N–H and O–H groups in total. The maximum atomic E-state index is 12.5. The highest BCUT2D eigenvalue weighted by atomic mass is 19.4. The lowest BCUT2D eigenvalue weighted by molar-refractivity contribution is -0.137. The van der Waals surface area contributed by atoms with Gasteiger partial charge in [-0.25, -0.2) is 4.79 Å². The quantitative estimate of drug-likeness (QED) is 0.805. The number of hydrogen-bond acceptors (Lipinski definition) is 1. The zero-order chi connectivity index (χ0) is 17.2. The molecular weight excluding hydrogens is 293 g/mol. The number of hydrogen-bond donors (Lipinski definition) is 2. The lowest BCUT2D eigenvalue weighted by Gasteiger charge is -2.33. The van der Waals surface area contributed by atoms with Crippen molar-refractivity contribution >= 4 is 11.7 Å². The molecule has 1 aromatic rings. The molecule has 0 aliphatic carbocycles. The first-order chi connectivity index (χ1) is 9.78. The van der Waals surface area contributed by atoms with Gasteiger partial charge in [-0.15, -0.1) is 0 Å². The molecule has 1 rings (SSSR count). The zero-order valence-corrected chi connectivity index (χ0v) is 13.6. The molecule has 0 unspecified atom stereocenters. The van der Waals surface area contributed by atoms with Crippen LogP contribution in [0.15, 0.2) is 24.3 Å². The van der Waals surface area contributed by atoms with Gasteiger partial charge < -0.3 is 10.6 Å². The Hall–Kier alpha value is -1.72. The molecule has 124 valence electrons. The van der Waals surface area contributed by atoms with Crippen molar-refractivity contribution in [2.24, 2.45) is 5.41 Å². The van der Waals surface area contributed by atoms with Crippen molar-refractivity contribution < 1.29 is 18.0 Å². The molecule has 0 saturated heterocycles. The smallest absolute Gasteiger partial charge is 0.333 e. The number of benzene rings is 1. The van der Waals surface area contributed by atoms with Gasteiger partial charge >= 0.3 is 12.2 Å². The van der Waals surface area contributed by atoms with Crippen molar-refractivity contribution in [3.63, 3.8) is 0 Å². The normalized spacial score (nSPS) is 12.9. The Bertz CT molecular complexity index is 514. The summed E-state index contributed by atoms with van der Waals surface area (Å²) in [5, 5.41) is 5.38. The Morgan fingerprint density at radius 3 is 1.91 bits per heavy atom. The number of carbonyl (C=O) groups is 1. The summed E-state index contributed by atoms with van der Waals surface area (Å²) in [5.41, 5.74) is -0.803. The van der Waals surface area contributed by atoms with Crippen LogP contribution in [-0.2, 0) is 6.18 Å². The van der Waals surface area contributed by atoms with Crippen molar-refractivity contribution in [3.8, 4) is 0 Å². The molecule has 0 radical (unpaired) electrons. The van der Waals surface area contributed by atoms with Gasteiger partial charge in [0.1, 0.15) is 0 Å². The number of amides is 2. The fraction of sp³-hybridized carbons (Fsp3) is 0.562. The van der Waals surface area contributed by atoms with E-state index < -0.39 is 23.3 Å². The highest BCUT2D eigenvalue weighted by molar-refractivity contribution is 5.89. The zero-order valence-electron chi connectivity index (χ0n) is 13.6. The Morgan fingerprint density at radius 2 is 1.50 bits per heavy atom. The number of nitrogens with one attached hydrogen (secondary N) is 2. The van der Waals surface area contributed by atoms with E-state index in [1.165, 1.54) is 12.1 Å². The van der Waals surface area contributed by atoms with E-state index in [-0.39, 0.29) is 5.41 Å². The fourth-order valence-electron chi connectivity index (χ4n) is 2.58. The molecule has 0 fully saturated rings. The van der Waals surface area contributed by atoms with Crippen LogP contribution in [0.3, 0.4) is 0 Å². The first-order valence-corrected chi connectivity index (χ1v) is 7.05. The average molecular weight is 316 g/mol. The van der Waals surface area contributed by atoms with E-state index in [1.807, 2.05) is 13.8 Å². The molecule has 0 aromatic heterocycles. The second-order valence-corrected chi connectivity index (χ2v) is 7.28. The summed E-state index contributed by atoms with van der Waals surface area (Å²) in [6.07, 6.45) is -3.62. The molecule has 2 amide bonds. The number of halogens is 3. The Kier molecular flexibility index (Phi) is 5.15. The Morgan fingerprint density at radius 1 is 1.00 bits per heavy atom. The highest BCUT2D eigenvalue weighted by Gasteiger charge is 2.30. The predicted molar refractivity (Wildman–Crippen MR) is 81.7 cm³/mol. The molecule has 22 heavy (non-hydrogen) atoms. The minimum absolute atomic E-state index is 0.0468. The number of alkyl halides is 3. The van der Waals surface area contributed by atoms with Crippen LogP contribution < -0.4 is 10.6 Å². The first-order valence-electron chi connectivity index (χ1n) is 7.05. The number of urea groups is 1. The summed E-state index contributed by atoms with van der Waals surface area (Å²) >= 11 is 0. The van der Waals surface area contributed by atoms with Crippen LogP contribution in [-0.4, -0.2) is 11.6 Å². The maximum absolute atomic E-state index is 12.5. The molecule has 0 spiro atoms. The SMILES string of the molecule is CC(C)(C)CC(C)(C)NC(=O)Nc1ccc(C(F)(F)F)cc1. The molecule has 0 aliphatic rings. The minimum atomic E-state index is -4.38. The summed E-state index contributed by atoms with van der Waals surface area (Å²) in [4.78, 5) is 12.0.